The van der Waals surface area contributed by atoms with Crippen molar-refractivity contribution in [1.29, 1.82) is 0 Å². The summed E-state index contributed by atoms with van der Waals surface area (Å²) in [6.45, 7) is 2.67. The van der Waals surface area contributed by atoms with Crippen molar-refractivity contribution >= 4 is 21.8 Å². The van der Waals surface area contributed by atoms with E-state index in [4.69, 9.17) is 4.42 Å². The van der Waals surface area contributed by atoms with Crippen LogP contribution in [0.1, 0.15) is 37.0 Å². The van der Waals surface area contributed by atoms with Crippen LogP contribution in [0, 0.1) is 11.6 Å². The molecule has 0 saturated carbocycles. The topological polar surface area (TPSA) is 76.3 Å². The standard InChI is InChI=1S/C21H21F2N3O3S2/c1-14(19-17(22)9-6-10-18(19)23)30-21-25-24-20(29-21)15-7-5-8-16(13-15)31(27,28)26-11-3-2-4-12-26/h5-10,13-14H,2-4,11-12H2,1H3. The minimum Gasteiger partial charge on any atom is -0.411 e. The first-order valence-corrected chi connectivity index (χ1v) is 12.2. The van der Waals surface area contributed by atoms with E-state index in [0.29, 0.717) is 18.7 Å². The highest BCUT2D eigenvalue weighted by Crippen LogP contribution is 2.37. The highest BCUT2D eigenvalue weighted by Gasteiger charge is 2.27. The third-order valence-corrected chi connectivity index (χ3v) is 7.97. The molecule has 0 aliphatic carbocycles. The summed E-state index contributed by atoms with van der Waals surface area (Å²) in [4.78, 5) is 0.168. The van der Waals surface area contributed by atoms with Crippen molar-refractivity contribution < 1.29 is 21.6 Å². The molecule has 1 aromatic heterocycles. The lowest BCUT2D eigenvalue weighted by Crippen LogP contribution is -2.35. The second-order valence-electron chi connectivity index (χ2n) is 7.26. The maximum atomic E-state index is 14.0. The van der Waals surface area contributed by atoms with Crippen LogP contribution in [0.15, 0.2) is 57.0 Å². The average molecular weight is 466 g/mol. The van der Waals surface area contributed by atoms with E-state index in [1.54, 1.807) is 25.1 Å². The zero-order chi connectivity index (χ0) is 22.0. The summed E-state index contributed by atoms with van der Waals surface area (Å²) < 4.78 is 61.0. The van der Waals surface area contributed by atoms with Crippen molar-refractivity contribution in [3.05, 3.63) is 59.7 Å². The van der Waals surface area contributed by atoms with E-state index in [1.165, 1.54) is 28.6 Å². The van der Waals surface area contributed by atoms with Gasteiger partial charge in [-0.15, -0.1) is 10.2 Å². The van der Waals surface area contributed by atoms with Gasteiger partial charge in [0.2, 0.25) is 15.9 Å². The molecule has 1 aliphatic rings. The van der Waals surface area contributed by atoms with E-state index in [9.17, 15) is 17.2 Å². The van der Waals surface area contributed by atoms with Gasteiger partial charge < -0.3 is 4.42 Å². The molecule has 31 heavy (non-hydrogen) atoms. The van der Waals surface area contributed by atoms with Crippen LogP contribution in [0.5, 0.6) is 0 Å². The van der Waals surface area contributed by atoms with E-state index in [2.05, 4.69) is 10.2 Å². The van der Waals surface area contributed by atoms with Crippen molar-refractivity contribution in [2.45, 2.75) is 41.6 Å². The van der Waals surface area contributed by atoms with Crippen molar-refractivity contribution in [3.8, 4) is 11.5 Å². The predicted octanol–water partition coefficient (Wildman–Crippen LogP) is 5.04. The Bertz CT molecular complexity index is 1160. The molecule has 3 aromatic rings. The molecule has 2 aromatic carbocycles. The Kier molecular flexibility index (Phi) is 6.40. The smallest absolute Gasteiger partial charge is 0.277 e. The molecular weight excluding hydrogens is 444 g/mol. The quantitative estimate of drug-likeness (QED) is 0.475. The van der Waals surface area contributed by atoms with Gasteiger partial charge in [-0.2, -0.15) is 4.31 Å². The van der Waals surface area contributed by atoms with E-state index >= 15 is 0 Å². The first-order chi connectivity index (χ1) is 14.9. The van der Waals surface area contributed by atoms with Gasteiger partial charge in [-0.1, -0.05) is 30.3 Å². The number of hydrogen-bond acceptors (Lipinski definition) is 6. The molecule has 1 fully saturated rings. The molecule has 0 N–H and O–H groups in total. The largest absolute Gasteiger partial charge is 0.411 e. The maximum Gasteiger partial charge on any atom is 0.277 e. The number of hydrogen-bond donors (Lipinski definition) is 0. The SMILES string of the molecule is CC(Sc1nnc(-c2cccc(S(=O)(=O)N3CCCCC3)c2)o1)c1c(F)cccc1F. The predicted molar refractivity (Wildman–Crippen MR) is 113 cm³/mol. The third-order valence-electron chi connectivity index (χ3n) is 5.12. The zero-order valence-corrected chi connectivity index (χ0v) is 18.4. The normalized spacial score (nSPS) is 16.4. The zero-order valence-electron chi connectivity index (χ0n) is 16.8. The maximum absolute atomic E-state index is 14.0. The van der Waals surface area contributed by atoms with Gasteiger partial charge in [0.05, 0.1) is 4.90 Å². The lowest BCUT2D eigenvalue weighted by Gasteiger charge is -2.25. The van der Waals surface area contributed by atoms with Gasteiger partial charge >= 0.3 is 0 Å². The van der Waals surface area contributed by atoms with Gasteiger partial charge in [0.1, 0.15) is 11.6 Å². The molecule has 10 heteroatoms. The number of piperidine rings is 1. The second-order valence-corrected chi connectivity index (χ2v) is 10.5. The van der Waals surface area contributed by atoms with Gasteiger partial charge in [0.25, 0.3) is 5.22 Å². The number of halogens is 2. The fourth-order valence-corrected chi connectivity index (χ4v) is 5.95. The van der Waals surface area contributed by atoms with Gasteiger partial charge in [-0.25, -0.2) is 17.2 Å². The molecule has 0 bridgehead atoms. The Morgan fingerprint density at radius 2 is 1.71 bits per heavy atom. The Morgan fingerprint density at radius 3 is 2.42 bits per heavy atom. The molecule has 1 atom stereocenters. The molecule has 164 valence electrons. The van der Waals surface area contributed by atoms with Crippen molar-refractivity contribution in [2.75, 3.05) is 13.1 Å². The molecule has 2 heterocycles. The van der Waals surface area contributed by atoms with Gasteiger partial charge in [0, 0.05) is 29.5 Å². The minimum atomic E-state index is -3.60. The van der Waals surface area contributed by atoms with Crippen LogP contribution in [0.2, 0.25) is 0 Å². The summed E-state index contributed by atoms with van der Waals surface area (Å²) >= 11 is 1.03. The Hall–Kier alpha value is -2.30. The Morgan fingerprint density at radius 1 is 1.03 bits per heavy atom. The van der Waals surface area contributed by atoms with Gasteiger partial charge in [0.15, 0.2) is 0 Å². The van der Waals surface area contributed by atoms with Crippen LogP contribution in [0.3, 0.4) is 0 Å². The number of nitrogens with zero attached hydrogens (tertiary/aromatic N) is 3. The summed E-state index contributed by atoms with van der Waals surface area (Å²) in [5.74, 6) is -1.15. The molecule has 1 aliphatic heterocycles. The molecular formula is C21H21F2N3O3S2. The summed E-state index contributed by atoms with van der Waals surface area (Å²) in [5, 5.41) is 7.46. The van der Waals surface area contributed by atoms with Crippen LogP contribution < -0.4 is 0 Å². The Labute approximate surface area is 183 Å². The van der Waals surface area contributed by atoms with E-state index in [0.717, 1.165) is 31.0 Å². The van der Waals surface area contributed by atoms with Crippen molar-refractivity contribution in [2.24, 2.45) is 0 Å². The van der Waals surface area contributed by atoms with E-state index in [1.807, 2.05) is 0 Å². The van der Waals surface area contributed by atoms with Crippen LogP contribution in [0.4, 0.5) is 8.78 Å². The number of thioether (sulfide) groups is 1. The molecule has 0 amide bonds. The summed E-state index contributed by atoms with van der Waals surface area (Å²) in [5.41, 5.74) is 0.393. The number of sulfonamides is 1. The first-order valence-electron chi connectivity index (χ1n) is 9.91. The molecule has 1 unspecified atom stereocenters. The molecule has 6 nitrogen and oxygen atoms in total. The minimum absolute atomic E-state index is 0.0677. The van der Waals surface area contributed by atoms with E-state index < -0.39 is 26.9 Å². The molecule has 0 radical (unpaired) electrons. The monoisotopic (exact) mass is 465 g/mol. The third kappa shape index (κ3) is 4.65. The number of aromatic nitrogens is 2. The van der Waals surface area contributed by atoms with Crippen molar-refractivity contribution in [1.82, 2.24) is 14.5 Å². The van der Waals surface area contributed by atoms with Crippen LogP contribution in [-0.4, -0.2) is 36.0 Å². The summed E-state index contributed by atoms with van der Waals surface area (Å²) in [7, 11) is -3.60. The number of rotatable bonds is 6. The summed E-state index contributed by atoms with van der Waals surface area (Å²) in [6, 6.07) is 10.1. The summed E-state index contributed by atoms with van der Waals surface area (Å²) in [6.07, 6.45) is 2.73. The fraction of sp³-hybridized carbons (Fsp3) is 0.333. The first kappa shape index (κ1) is 21.9. The van der Waals surface area contributed by atoms with Crippen LogP contribution in [0.25, 0.3) is 11.5 Å². The molecule has 1 saturated heterocycles. The highest BCUT2D eigenvalue weighted by molar-refractivity contribution is 7.99. The lowest BCUT2D eigenvalue weighted by atomic mass is 10.1. The molecule has 0 spiro atoms. The van der Waals surface area contributed by atoms with Crippen LogP contribution in [-0.2, 0) is 10.0 Å². The average Bonchev–Trinajstić information content (AvgIpc) is 3.23. The Balaban J connectivity index is 1.55. The van der Waals surface area contributed by atoms with Gasteiger partial charge in [-0.3, -0.25) is 0 Å². The highest BCUT2D eigenvalue weighted by atomic mass is 32.2. The fourth-order valence-electron chi connectivity index (χ4n) is 3.53. The lowest BCUT2D eigenvalue weighted by molar-refractivity contribution is 0.346. The van der Waals surface area contributed by atoms with E-state index in [-0.39, 0.29) is 21.6 Å². The van der Waals surface area contributed by atoms with Crippen molar-refractivity contribution in [3.63, 3.8) is 0 Å². The second kappa shape index (κ2) is 9.05. The number of benzene rings is 2. The molecule has 4 rings (SSSR count). The van der Waals surface area contributed by atoms with Crippen LogP contribution >= 0.6 is 11.8 Å². The van der Waals surface area contributed by atoms with Gasteiger partial charge in [-0.05, 0) is 50.1 Å².